The fraction of sp³-hybridized carbons (Fsp3) is 0.158. The van der Waals surface area contributed by atoms with Crippen LogP contribution in [0.25, 0.3) is 10.9 Å². The van der Waals surface area contributed by atoms with Crippen LogP contribution in [0.2, 0.25) is 0 Å². The second kappa shape index (κ2) is 8.17. The molecular formula is C19H19N3O4. The molecule has 1 amide bonds. The number of amides is 1. The second-order valence-electron chi connectivity index (χ2n) is 5.78. The van der Waals surface area contributed by atoms with Gasteiger partial charge in [-0.1, -0.05) is 48.5 Å². The molecule has 0 saturated heterocycles. The maximum absolute atomic E-state index is 11.9. The van der Waals surface area contributed by atoms with Gasteiger partial charge in [-0.3, -0.25) is 0 Å². The van der Waals surface area contributed by atoms with E-state index < -0.39 is 18.1 Å². The molecule has 0 bridgehead atoms. The molecule has 1 atom stereocenters. The molecule has 7 heteroatoms. The number of aromatic amines is 1. The first-order chi connectivity index (χ1) is 12.6. The summed E-state index contributed by atoms with van der Waals surface area (Å²) >= 11 is 0. The van der Waals surface area contributed by atoms with Gasteiger partial charge in [-0.05, 0) is 17.2 Å². The monoisotopic (exact) mass is 353 g/mol. The first-order valence-electron chi connectivity index (χ1n) is 8.14. The van der Waals surface area contributed by atoms with Crippen LogP contribution >= 0.6 is 0 Å². The number of H-pyrrole nitrogens is 1. The number of nitrogens with two attached hydrogens (primary N) is 1. The summed E-state index contributed by atoms with van der Waals surface area (Å²) in [5, 5.41) is 3.46. The Bertz CT molecular complexity index is 892. The van der Waals surface area contributed by atoms with Crippen molar-refractivity contribution in [2.45, 2.75) is 19.0 Å². The lowest BCUT2D eigenvalue weighted by Gasteiger charge is -2.10. The number of aromatic nitrogens is 1. The molecule has 0 saturated carbocycles. The molecule has 1 aromatic heterocycles. The topological polar surface area (TPSA) is 106 Å². The molecule has 26 heavy (non-hydrogen) atoms. The number of nitrogens with one attached hydrogen (secondary N) is 2. The highest BCUT2D eigenvalue weighted by Gasteiger charge is 2.20. The highest BCUT2D eigenvalue weighted by Crippen LogP contribution is 2.18. The van der Waals surface area contributed by atoms with Gasteiger partial charge >= 0.3 is 12.1 Å². The summed E-state index contributed by atoms with van der Waals surface area (Å²) in [5.74, 6) is -0.815. The van der Waals surface area contributed by atoms with E-state index in [0.717, 1.165) is 22.0 Å². The first-order valence-corrected chi connectivity index (χ1v) is 8.14. The summed E-state index contributed by atoms with van der Waals surface area (Å²) in [4.78, 5) is 35.6. The number of benzene rings is 2. The van der Waals surface area contributed by atoms with Gasteiger partial charge in [0.25, 0.3) is 0 Å². The summed E-state index contributed by atoms with van der Waals surface area (Å²) in [7, 11) is 0. The number of hydrogen-bond acceptors (Lipinski definition) is 5. The number of rotatable bonds is 5. The molecule has 3 rings (SSSR count). The molecule has 3 aromatic rings. The molecule has 0 aliphatic heterocycles. The van der Waals surface area contributed by atoms with E-state index in [-0.39, 0.29) is 13.0 Å². The molecular weight excluding hydrogens is 334 g/mol. The molecule has 1 heterocycles. The first kappa shape index (κ1) is 17.5. The lowest BCUT2D eigenvalue weighted by Crippen LogP contribution is -2.36. The molecule has 0 radical (unpaired) electrons. The normalized spacial score (nSPS) is 11.7. The Balaban J connectivity index is 1.46. The molecule has 0 aliphatic rings. The van der Waals surface area contributed by atoms with Crippen molar-refractivity contribution in [3.05, 3.63) is 71.9 Å². The third kappa shape index (κ3) is 4.40. The lowest BCUT2D eigenvalue weighted by molar-refractivity contribution is -0.233. The Labute approximate surface area is 150 Å². The minimum Gasteiger partial charge on any atom is -0.361 e. The van der Waals surface area contributed by atoms with E-state index in [0.29, 0.717) is 0 Å². The van der Waals surface area contributed by atoms with Crippen LogP contribution in [0.3, 0.4) is 0 Å². The SMILES string of the molecule is NC(Cc1c[nH]c2ccccc12)C(=O)OOC(=O)NCc1ccccc1. The average molecular weight is 353 g/mol. The van der Waals surface area contributed by atoms with Crippen LogP contribution in [0.1, 0.15) is 11.1 Å². The zero-order chi connectivity index (χ0) is 18.4. The Morgan fingerprint density at radius 1 is 1.04 bits per heavy atom. The van der Waals surface area contributed by atoms with Crippen LogP contribution in [0, 0.1) is 0 Å². The summed E-state index contributed by atoms with van der Waals surface area (Å²) in [5.41, 5.74) is 8.59. The number of para-hydroxylation sites is 1. The minimum atomic E-state index is -0.948. The molecule has 4 N–H and O–H groups in total. The largest absolute Gasteiger partial charge is 0.450 e. The van der Waals surface area contributed by atoms with Crippen LogP contribution in [-0.4, -0.2) is 23.1 Å². The lowest BCUT2D eigenvalue weighted by atomic mass is 10.1. The van der Waals surface area contributed by atoms with Crippen molar-refractivity contribution in [1.82, 2.24) is 10.3 Å². The Kier molecular flexibility index (Phi) is 5.50. The van der Waals surface area contributed by atoms with Crippen molar-refractivity contribution in [1.29, 1.82) is 0 Å². The Morgan fingerprint density at radius 3 is 2.58 bits per heavy atom. The van der Waals surface area contributed by atoms with Gasteiger partial charge < -0.3 is 16.0 Å². The van der Waals surface area contributed by atoms with E-state index in [2.05, 4.69) is 20.1 Å². The van der Waals surface area contributed by atoms with Crippen molar-refractivity contribution < 1.29 is 19.4 Å². The van der Waals surface area contributed by atoms with Crippen molar-refractivity contribution in [3.8, 4) is 0 Å². The predicted molar refractivity (Wildman–Crippen MR) is 95.8 cm³/mol. The summed E-state index contributed by atoms with van der Waals surface area (Å²) in [6.45, 7) is 0.263. The van der Waals surface area contributed by atoms with Crippen LogP contribution in [-0.2, 0) is 27.5 Å². The predicted octanol–water partition coefficient (Wildman–Crippen LogP) is 2.42. The van der Waals surface area contributed by atoms with Gasteiger partial charge in [0.1, 0.15) is 6.04 Å². The number of fused-ring (bicyclic) bond motifs is 1. The molecule has 0 fully saturated rings. The van der Waals surface area contributed by atoms with Crippen molar-refractivity contribution in [3.63, 3.8) is 0 Å². The minimum absolute atomic E-state index is 0.262. The van der Waals surface area contributed by atoms with Crippen LogP contribution in [0.4, 0.5) is 4.79 Å². The smallest absolute Gasteiger partial charge is 0.361 e. The standard InChI is InChI=1S/C19H19N3O4/c20-16(10-14-12-21-17-9-5-4-8-15(14)17)18(23)25-26-19(24)22-11-13-6-2-1-3-7-13/h1-9,12,16,21H,10-11,20H2,(H,22,24). The van der Waals surface area contributed by atoms with E-state index in [9.17, 15) is 9.59 Å². The zero-order valence-corrected chi connectivity index (χ0v) is 14.0. The maximum Gasteiger partial charge on any atom is 0.450 e. The molecule has 2 aromatic carbocycles. The van der Waals surface area contributed by atoms with Gasteiger partial charge in [-0.2, -0.15) is 0 Å². The molecule has 0 aliphatic carbocycles. The summed E-state index contributed by atoms with van der Waals surface area (Å²) < 4.78 is 0. The summed E-state index contributed by atoms with van der Waals surface area (Å²) in [6.07, 6.45) is 1.20. The van der Waals surface area contributed by atoms with Crippen molar-refractivity contribution in [2.24, 2.45) is 5.73 Å². The van der Waals surface area contributed by atoms with E-state index in [1.54, 1.807) is 6.20 Å². The van der Waals surface area contributed by atoms with Gasteiger partial charge in [0.05, 0.1) is 0 Å². The number of hydrogen-bond donors (Lipinski definition) is 3. The van der Waals surface area contributed by atoms with E-state index in [4.69, 9.17) is 5.73 Å². The number of carbonyl (C=O) groups is 2. The van der Waals surface area contributed by atoms with E-state index in [1.807, 2.05) is 54.6 Å². The molecule has 134 valence electrons. The van der Waals surface area contributed by atoms with E-state index in [1.165, 1.54) is 0 Å². The average Bonchev–Trinajstić information content (AvgIpc) is 3.08. The quantitative estimate of drug-likeness (QED) is 0.482. The van der Waals surface area contributed by atoms with Gasteiger partial charge in [0, 0.05) is 30.1 Å². The fourth-order valence-electron chi connectivity index (χ4n) is 2.56. The van der Waals surface area contributed by atoms with Gasteiger partial charge in [-0.25, -0.2) is 19.4 Å². The van der Waals surface area contributed by atoms with Crippen LogP contribution in [0.15, 0.2) is 60.8 Å². The zero-order valence-electron chi connectivity index (χ0n) is 14.0. The Hall–Kier alpha value is -3.32. The molecule has 0 spiro atoms. The Morgan fingerprint density at radius 2 is 1.77 bits per heavy atom. The van der Waals surface area contributed by atoms with E-state index >= 15 is 0 Å². The highest BCUT2D eigenvalue weighted by molar-refractivity contribution is 5.84. The third-order valence-corrected chi connectivity index (χ3v) is 3.90. The van der Waals surface area contributed by atoms with Crippen LogP contribution < -0.4 is 11.1 Å². The van der Waals surface area contributed by atoms with Crippen LogP contribution in [0.5, 0.6) is 0 Å². The number of carbonyl (C=O) groups excluding carboxylic acids is 2. The van der Waals surface area contributed by atoms with Gasteiger partial charge in [0.2, 0.25) is 0 Å². The maximum atomic E-state index is 11.9. The third-order valence-electron chi connectivity index (χ3n) is 3.90. The second-order valence-corrected chi connectivity index (χ2v) is 5.78. The molecule has 1 unspecified atom stereocenters. The van der Waals surface area contributed by atoms with Gasteiger partial charge in [0.15, 0.2) is 0 Å². The van der Waals surface area contributed by atoms with Crippen molar-refractivity contribution in [2.75, 3.05) is 0 Å². The highest BCUT2D eigenvalue weighted by atomic mass is 17.2. The van der Waals surface area contributed by atoms with Crippen molar-refractivity contribution >= 4 is 23.0 Å². The molecule has 7 nitrogen and oxygen atoms in total. The fourth-order valence-corrected chi connectivity index (χ4v) is 2.56. The van der Waals surface area contributed by atoms with Gasteiger partial charge in [-0.15, -0.1) is 0 Å². The summed E-state index contributed by atoms with van der Waals surface area (Å²) in [6, 6.07) is 16.0.